The first kappa shape index (κ1) is 9.03. The quantitative estimate of drug-likeness (QED) is 0.517. The zero-order chi connectivity index (χ0) is 8.97. The summed E-state index contributed by atoms with van der Waals surface area (Å²) in [5, 5.41) is 0.794. The number of hydrogen-bond donors (Lipinski definition) is 2. The summed E-state index contributed by atoms with van der Waals surface area (Å²) < 4.78 is 0.641. The van der Waals surface area contributed by atoms with Crippen LogP contribution < -0.4 is 15.7 Å². The summed E-state index contributed by atoms with van der Waals surface area (Å²) in [5.74, 6) is 0. The van der Waals surface area contributed by atoms with Crippen LogP contribution in [0.15, 0.2) is 28.4 Å². The van der Waals surface area contributed by atoms with Crippen LogP contribution in [0, 0.1) is 0 Å². The van der Waals surface area contributed by atoms with Gasteiger partial charge in [-0.05, 0) is 0 Å². The summed E-state index contributed by atoms with van der Waals surface area (Å²) >= 11 is 0.0690. The molecular formula is C7H8N2O2Se. The van der Waals surface area contributed by atoms with Gasteiger partial charge in [-0.25, -0.2) is 0 Å². The Balaban J connectivity index is 2.94. The second-order valence-electron chi connectivity index (χ2n) is 2.04. The number of H-pyrrole nitrogens is 2. The maximum absolute atomic E-state index is 11.1. The molecule has 4 nitrogen and oxygen atoms in total. The molecule has 0 aromatic carbocycles. The fourth-order valence-electron chi connectivity index (χ4n) is 0.653. The first-order valence-corrected chi connectivity index (χ1v) is 5.36. The number of hydrogen-bond acceptors (Lipinski definition) is 2. The van der Waals surface area contributed by atoms with Crippen molar-refractivity contribution >= 4 is 19.4 Å². The molecule has 5 heteroatoms. The Morgan fingerprint density at radius 1 is 1.58 bits per heavy atom. The Bertz CT molecular complexity index is 379. The van der Waals surface area contributed by atoms with E-state index in [0.29, 0.717) is 4.46 Å². The van der Waals surface area contributed by atoms with Gasteiger partial charge in [0.25, 0.3) is 0 Å². The standard InChI is InChI=1S/C7H8N2O2Se/c1-2-3-12-5-4-8-7(11)9-6(5)10/h2,4H,1,3H2,(H2,8,9,10,11). The molecule has 0 radical (unpaired) electrons. The molecule has 0 aliphatic rings. The molecule has 0 amide bonds. The number of aromatic nitrogens is 2. The summed E-state index contributed by atoms with van der Waals surface area (Å²) in [4.78, 5) is 26.2. The summed E-state index contributed by atoms with van der Waals surface area (Å²) in [5.41, 5.74) is -0.751. The van der Waals surface area contributed by atoms with Crippen LogP contribution >= 0.6 is 0 Å². The van der Waals surface area contributed by atoms with Crippen LogP contribution in [-0.2, 0) is 0 Å². The van der Waals surface area contributed by atoms with E-state index in [1.54, 1.807) is 6.08 Å². The number of aromatic amines is 2. The van der Waals surface area contributed by atoms with Crippen molar-refractivity contribution in [2.24, 2.45) is 0 Å². The monoisotopic (exact) mass is 232 g/mol. The molecule has 0 fully saturated rings. The van der Waals surface area contributed by atoms with Gasteiger partial charge < -0.3 is 0 Å². The Labute approximate surface area is 74.9 Å². The van der Waals surface area contributed by atoms with Crippen LogP contribution in [0.2, 0.25) is 5.32 Å². The molecule has 0 atom stereocenters. The first-order chi connectivity index (χ1) is 5.74. The molecule has 0 saturated carbocycles. The average molecular weight is 231 g/mol. The van der Waals surface area contributed by atoms with E-state index >= 15 is 0 Å². The van der Waals surface area contributed by atoms with Crippen molar-refractivity contribution in [1.29, 1.82) is 0 Å². The molecule has 0 spiro atoms. The molecule has 0 unspecified atom stereocenters. The van der Waals surface area contributed by atoms with Gasteiger partial charge in [0.1, 0.15) is 0 Å². The summed E-state index contributed by atoms with van der Waals surface area (Å²) in [7, 11) is 0. The zero-order valence-electron chi connectivity index (χ0n) is 6.29. The van der Waals surface area contributed by atoms with Gasteiger partial charge in [0, 0.05) is 0 Å². The van der Waals surface area contributed by atoms with E-state index in [1.165, 1.54) is 6.20 Å². The maximum atomic E-state index is 11.1. The van der Waals surface area contributed by atoms with Gasteiger partial charge in [0.2, 0.25) is 0 Å². The molecule has 0 aliphatic heterocycles. The molecule has 1 heterocycles. The van der Waals surface area contributed by atoms with Crippen molar-refractivity contribution < 1.29 is 0 Å². The van der Waals surface area contributed by atoms with Crippen molar-refractivity contribution in [1.82, 2.24) is 9.97 Å². The Morgan fingerprint density at radius 3 is 2.92 bits per heavy atom. The third kappa shape index (κ3) is 2.22. The van der Waals surface area contributed by atoms with Gasteiger partial charge in [0.05, 0.1) is 0 Å². The summed E-state index contributed by atoms with van der Waals surface area (Å²) in [6, 6.07) is 0. The minimum absolute atomic E-state index is 0.0690. The normalized spacial score (nSPS) is 9.67. The van der Waals surface area contributed by atoms with Crippen LogP contribution in [0.25, 0.3) is 0 Å². The van der Waals surface area contributed by atoms with Crippen molar-refractivity contribution in [2.45, 2.75) is 5.32 Å². The second-order valence-corrected chi connectivity index (χ2v) is 4.26. The molecule has 1 rings (SSSR count). The predicted molar refractivity (Wildman–Crippen MR) is 48.1 cm³/mol. The topological polar surface area (TPSA) is 65.7 Å². The SMILES string of the molecule is C=CC[Se]c1c[nH]c(=O)[nH]c1=O. The van der Waals surface area contributed by atoms with Crippen LogP contribution in [-0.4, -0.2) is 24.9 Å². The second kappa shape index (κ2) is 4.09. The van der Waals surface area contributed by atoms with Crippen LogP contribution in [0.1, 0.15) is 0 Å². The third-order valence-electron chi connectivity index (χ3n) is 1.14. The van der Waals surface area contributed by atoms with Gasteiger partial charge in [-0.15, -0.1) is 0 Å². The van der Waals surface area contributed by atoms with Gasteiger partial charge in [-0.2, -0.15) is 0 Å². The van der Waals surface area contributed by atoms with Crippen LogP contribution in [0.5, 0.6) is 0 Å². The molecule has 0 aliphatic carbocycles. The van der Waals surface area contributed by atoms with E-state index in [0.717, 1.165) is 5.32 Å². The number of rotatable bonds is 3. The predicted octanol–water partition coefficient (Wildman–Crippen LogP) is -1.00. The fourth-order valence-corrected chi connectivity index (χ4v) is 1.96. The van der Waals surface area contributed by atoms with Gasteiger partial charge in [0.15, 0.2) is 0 Å². The van der Waals surface area contributed by atoms with E-state index in [1.807, 2.05) is 0 Å². The van der Waals surface area contributed by atoms with E-state index < -0.39 is 5.69 Å². The number of nitrogens with one attached hydrogen (secondary N) is 2. The van der Waals surface area contributed by atoms with E-state index in [9.17, 15) is 9.59 Å². The molecule has 0 bridgehead atoms. The van der Waals surface area contributed by atoms with Gasteiger partial charge in [-0.3, -0.25) is 0 Å². The van der Waals surface area contributed by atoms with Gasteiger partial charge in [-0.1, -0.05) is 0 Å². The molecular weight excluding hydrogens is 223 g/mol. The van der Waals surface area contributed by atoms with E-state index in [2.05, 4.69) is 16.5 Å². The fraction of sp³-hybridized carbons (Fsp3) is 0.143. The summed E-state index contributed by atoms with van der Waals surface area (Å²) in [6.07, 6.45) is 3.22. The molecule has 2 N–H and O–H groups in total. The van der Waals surface area contributed by atoms with Gasteiger partial charge >= 0.3 is 74.4 Å². The molecule has 1 aromatic rings. The number of allylic oxidation sites excluding steroid dienone is 1. The van der Waals surface area contributed by atoms with E-state index in [4.69, 9.17) is 0 Å². The van der Waals surface area contributed by atoms with Crippen LogP contribution in [0.4, 0.5) is 0 Å². The Morgan fingerprint density at radius 2 is 2.33 bits per heavy atom. The average Bonchev–Trinajstić information content (AvgIpc) is 2.03. The van der Waals surface area contributed by atoms with Crippen molar-refractivity contribution in [3.05, 3.63) is 39.7 Å². The molecule has 1 aromatic heterocycles. The van der Waals surface area contributed by atoms with E-state index in [-0.39, 0.29) is 20.5 Å². The third-order valence-corrected chi connectivity index (χ3v) is 3.27. The van der Waals surface area contributed by atoms with Crippen LogP contribution in [0.3, 0.4) is 0 Å². The molecule has 0 saturated heterocycles. The Kier molecular flexibility index (Phi) is 3.08. The van der Waals surface area contributed by atoms with Crippen molar-refractivity contribution in [3.63, 3.8) is 0 Å². The summed E-state index contributed by atoms with van der Waals surface area (Å²) in [6.45, 7) is 3.55. The molecule has 12 heavy (non-hydrogen) atoms. The Hall–Kier alpha value is -1.06. The molecule has 64 valence electrons. The van der Waals surface area contributed by atoms with Crippen molar-refractivity contribution in [3.8, 4) is 0 Å². The minimum atomic E-state index is -0.460. The van der Waals surface area contributed by atoms with Crippen molar-refractivity contribution in [2.75, 3.05) is 0 Å². The zero-order valence-corrected chi connectivity index (χ0v) is 8.01. The first-order valence-electron chi connectivity index (χ1n) is 3.29.